The van der Waals surface area contributed by atoms with Gasteiger partial charge in [-0.1, -0.05) is 36.4 Å². The van der Waals surface area contributed by atoms with Crippen LogP contribution in [-0.2, 0) is 16.8 Å². The van der Waals surface area contributed by atoms with Crippen molar-refractivity contribution in [2.24, 2.45) is 0 Å². The first-order chi connectivity index (χ1) is 13.5. The largest absolute Gasteiger partial charge is 0.359 e. The number of fused-ring (bicyclic) bond motifs is 2. The maximum atomic E-state index is 13.2. The van der Waals surface area contributed by atoms with E-state index < -0.39 is 5.41 Å². The van der Waals surface area contributed by atoms with Crippen molar-refractivity contribution >= 4 is 23.0 Å². The van der Waals surface area contributed by atoms with Gasteiger partial charge in [-0.15, -0.1) is 0 Å². The normalized spacial score (nSPS) is 19.0. The highest BCUT2D eigenvalue weighted by atomic mass is 16.2. The molecule has 3 aromatic rings. The molecule has 1 atom stereocenters. The molecule has 0 spiro atoms. The van der Waals surface area contributed by atoms with E-state index in [2.05, 4.69) is 39.9 Å². The van der Waals surface area contributed by atoms with Gasteiger partial charge in [0.2, 0.25) is 5.91 Å². The second-order valence-electron chi connectivity index (χ2n) is 7.89. The molecular weight excluding hydrogens is 348 g/mol. The van der Waals surface area contributed by atoms with E-state index in [0.717, 1.165) is 33.9 Å². The SMILES string of the molecule is CC1(C)C(=O)N(Cc2ccccc2)c2cc3c(cc21)NC(c1ccccn1)N3. The third-order valence-corrected chi connectivity index (χ3v) is 5.65. The van der Waals surface area contributed by atoms with E-state index >= 15 is 0 Å². The summed E-state index contributed by atoms with van der Waals surface area (Å²) in [6.45, 7) is 4.58. The third-order valence-electron chi connectivity index (χ3n) is 5.65. The Labute approximate surface area is 164 Å². The molecule has 0 saturated carbocycles. The highest BCUT2D eigenvalue weighted by Crippen LogP contribution is 2.48. The molecule has 5 heteroatoms. The predicted octanol–water partition coefficient (Wildman–Crippen LogP) is 4.44. The second-order valence-corrected chi connectivity index (χ2v) is 7.89. The van der Waals surface area contributed by atoms with Gasteiger partial charge in [0.15, 0.2) is 0 Å². The molecule has 2 aromatic carbocycles. The molecule has 0 bridgehead atoms. The molecule has 3 heterocycles. The van der Waals surface area contributed by atoms with Gasteiger partial charge in [-0.05, 0) is 49.2 Å². The van der Waals surface area contributed by atoms with Crippen molar-refractivity contribution in [2.45, 2.75) is 32.0 Å². The molecule has 2 aliphatic heterocycles. The van der Waals surface area contributed by atoms with Crippen LogP contribution in [0.4, 0.5) is 17.1 Å². The number of hydrogen-bond acceptors (Lipinski definition) is 4. The molecular formula is C23H22N4O. The van der Waals surface area contributed by atoms with Crippen LogP contribution in [0, 0.1) is 0 Å². The molecule has 5 nitrogen and oxygen atoms in total. The minimum Gasteiger partial charge on any atom is -0.359 e. The summed E-state index contributed by atoms with van der Waals surface area (Å²) in [7, 11) is 0. The molecule has 1 unspecified atom stereocenters. The van der Waals surface area contributed by atoms with Gasteiger partial charge in [0.05, 0.1) is 34.7 Å². The average molecular weight is 370 g/mol. The zero-order chi connectivity index (χ0) is 19.3. The topological polar surface area (TPSA) is 57.3 Å². The summed E-state index contributed by atoms with van der Waals surface area (Å²) < 4.78 is 0. The van der Waals surface area contributed by atoms with Crippen molar-refractivity contribution in [1.82, 2.24) is 4.98 Å². The maximum Gasteiger partial charge on any atom is 0.237 e. The van der Waals surface area contributed by atoms with Crippen LogP contribution in [-0.4, -0.2) is 10.9 Å². The number of carbonyl (C=O) groups excluding carboxylic acids is 1. The molecule has 0 radical (unpaired) electrons. The highest BCUT2D eigenvalue weighted by molar-refractivity contribution is 6.09. The first kappa shape index (κ1) is 16.8. The van der Waals surface area contributed by atoms with Crippen molar-refractivity contribution in [1.29, 1.82) is 0 Å². The number of hydrogen-bond donors (Lipinski definition) is 2. The summed E-state index contributed by atoms with van der Waals surface area (Å²) in [6.07, 6.45) is 1.73. The lowest BCUT2D eigenvalue weighted by molar-refractivity contribution is -0.122. The number of rotatable bonds is 3. The predicted molar refractivity (Wildman–Crippen MR) is 111 cm³/mol. The molecule has 2 N–H and O–H groups in total. The van der Waals surface area contributed by atoms with Crippen LogP contribution in [0.1, 0.15) is 36.8 Å². The average Bonchev–Trinajstić information content (AvgIpc) is 3.21. The Kier molecular flexibility index (Phi) is 3.66. The molecule has 28 heavy (non-hydrogen) atoms. The summed E-state index contributed by atoms with van der Waals surface area (Å²) >= 11 is 0. The summed E-state index contributed by atoms with van der Waals surface area (Å²) in [5.41, 5.74) is 5.56. The Morgan fingerprint density at radius 2 is 1.71 bits per heavy atom. The van der Waals surface area contributed by atoms with Crippen LogP contribution >= 0.6 is 0 Å². The summed E-state index contributed by atoms with van der Waals surface area (Å²) in [5.74, 6) is 0.135. The van der Waals surface area contributed by atoms with Gasteiger partial charge in [-0.3, -0.25) is 9.78 Å². The van der Waals surface area contributed by atoms with Gasteiger partial charge in [0.25, 0.3) is 0 Å². The molecule has 2 aliphatic rings. The molecule has 1 amide bonds. The Balaban J connectivity index is 1.52. The number of carbonyl (C=O) groups is 1. The van der Waals surface area contributed by atoms with Crippen LogP contribution in [0.2, 0.25) is 0 Å². The van der Waals surface area contributed by atoms with E-state index in [4.69, 9.17) is 0 Å². The lowest BCUT2D eigenvalue weighted by Gasteiger charge is -2.20. The van der Waals surface area contributed by atoms with Crippen molar-refractivity contribution < 1.29 is 4.79 Å². The fourth-order valence-electron chi connectivity index (χ4n) is 4.08. The smallest absolute Gasteiger partial charge is 0.237 e. The lowest BCUT2D eigenvalue weighted by Crippen LogP contribution is -2.35. The van der Waals surface area contributed by atoms with Gasteiger partial charge in [0, 0.05) is 6.20 Å². The maximum absolute atomic E-state index is 13.2. The molecule has 1 aromatic heterocycles. The molecule has 140 valence electrons. The fraction of sp³-hybridized carbons (Fsp3) is 0.217. The number of nitrogens with one attached hydrogen (secondary N) is 2. The number of aromatic nitrogens is 1. The monoisotopic (exact) mass is 370 g/mol. The van der Waals surface area contributed by atoms with Crippen LogP contribution in [0.3, 0.4) is 0 Å². The number of anilines is 3. The van der Waals surface area contributed by atoms with Gasteiger partial charge >= 0.3 is 0 Å². The van der Waals surface area contributed by atoms with Crippen molar-refractivity contribution in [3.8, 4) is 0 Å². The third kappa shape index (κ3) is 2.54. The zero-order valence-corrected chi connectivity index (χ0v) is 15.9. The van der Waals surface area contributed by atoms with E-state index in [1.165, 1.54) is 0 Å². The van der Waals surface area contributed by atoms with E-state index in [1.54, 1.807) is 6.20 Å². The lowest BCUT2D eigenvalue weighted by atomic mass is 9.86. The summed E-state index contributed by atoms with van der Waals surface area (Å²) in [4.78, 5) is 19.5. The van der Waals surface area contributed by atoms with Crippen LogP contribution in [0.15, 0.2) is 66.9 Å². The number of pyridine rings is 1. The van der Waals surface area contributed by atoms with E-state index in [0.29, 0.717) is 6.54 Å². The first-order valence-corrected chi connectivity index (χ1v) is 9.52. The van der Waals surface area contributed by atoms with Gasteiger partial charge in [-0.2, -0.15) is 0 Å². The fourth-order valence-corrected chi connectivity index (χ4v) is 4.08. The van der Waals surface area contributed by atoms with Crippen molar-refractivity contribution in [3.63, 3.8) is 0 Å². The Morgan fingerprint density at radius 3 is 2.43 bits per heavy atom. The summed E-state index contributed by atoms with van der Waals surface area (Å²) in [6, 6.07) is 20.2. The number of nitrogens with zero attached hydrogens (tertiary/aromatic N) is 2. The number of amides is 1. The van der Waals surface area contributed by atoms with Gasteiger partial charge in [-0.25, -0.2) is 0 Å². The Hall–Kier alpha value is -3.34. The highest BCUT2D eigenvalue weighted by Gasteiger charge is 2.45. The van der Waals surface area contributed by atoms with Crippen LogP contribution in [0.5, 0.6) is 0 Å². The molecule has 5 rings (SSSR count). The van der Waals surface area contributed by atoms with Gasteiger partial charge < -0.3 is 15.5 Å². The molecule has 0 fully saturated rings. The first-order valence-electron chi connectivity index (χ1n) is 9.52. The van der Waals surface area contributed by atoms with Crippen LogP contribution < -0.4 is 15.5 Å². The Bertz CT molecular complexity index is 1050. The molecule has 0 aliphatic carbocycles. The second kappa shape index (κ2) is 6.09. The molecule has 0 saturated heterocycles. The van der Waals surface area contributed by atoms with Gasteiger partial charge in [0.1, 0.15) is 6.17 Å². The zero-order valence-electron chi connectivity index (χ0n) is 15.9. The standard InChI is InChI=1S/C23H22N4O/c1-23(2)16-12-18-19(26-21(25-18)17-10-6-7-11-24-17)13-20(16)27(22(23)28)14-15-8-4-3-5-9-15/h3-13,21,25-26H,14H2,1-2H3. The number of benzene rings is 2. The Morgan fingerprint density at radius 1 is 1.00 bits per heavy atom. The van der Waals surface area contributed by atoms with Crippen molar-refractivity contribution in [2.75, 3.05) is 15.5 Å². The summed E-state index contributed by atoms with van der Waals surface area (Å²) in [5, 5.41) is 6.99. The van der Waals surface area contributed by atoms with E-state index in [1.807, 2.05) is 55.1 Å². The minimum absolute atomic E-state index is 0.0693. The van der Waals surface area contributed by atoms with Crippen molar-refractivity contribution in [3.05, 3.63) is 83.7 Å². The minimum atomic E-state index is -0.552. The van der Waals surface area contributed by atoms with E-state index in [-0.39, 0.29) is 12.1 Å². The van der Waals surface area contributed by atoms with Crippen LogP contribution in [0.25, 0.3) is 0 Å². The quantitative estimate of drug-likeness (QED) is 0.716. The van der Waals surface area contributed by atoms with E-state index in [9.17, 15) is 4.79 Å².